The highest BCUT2D eigenvalue weighted by Crippen LogP contribution is 2.23. The highest BCUT2D eigenvalue weighted by atomic mass is 35.5. The molecule has 3 aromatic rings. The summed E-state index contributed by atoms with van der Waals surface area (Å²) in [7, 11) is 0. The fourth-order valence-electron chi connectivity index (χ4n) is 2.59. The van der Waals surface area contributed by atoms with E-state index in [4.69, 9.17) is 22.6 Å². The number of nitrogens with two attached hydrogens (primary N) is 1. The van der Waals surface area contributed by atoms with Gasteiger partial charge in [-0.2, -0.15) is 5.26 Å². The number of carbonyl (C=O) groups excluding carboxylic acids is 1. The number of nitrogens with zero attached hydrogens (tertiary/aromatic N) is 3. The summed E-state index contributed by atoms with van der Waals surface area (Å²) < 4.78 is 13.3. The Labute approximate surface area is 188 Å². The molecule has 31 heavy (non-hydrogen) atoms. The van der Waals surface area contributed by atoms with Gasteiger partial charge in [0.05, 0.1) is 22.3 Å². The van der Waals surface area contributed by atoms with Crippen LogP contribution in [0.25, 0.3) is 0 Å². The highest BCUT2D eigenvalue weighted by molar-refractivity contribution is 8.13. The van der Waals surface area contributed by atoms with Crippen LogP contribution in [0, 0.1) is 17.1 Å². The van der Waals surface area contributed by atoms with Crippen molar-refractivity contribution in [2.75, 3.05) is 0 Å². The Bertz CT molecular complexity index is 1160. The van der Waals surface area contributed by atoms with Crippen molar-refractivity contribution in [3.63, 3.8) is 0 Å². The van der Waals surface area contributed by atoms with Gasteiger partial charge in [0, 0.05) is 18.5 Å². The van der Waals surface area contributed by atoms with Gasteiger partial charge in [0.25, 0.3) is 5.91 Å². The minimum atomic E-state index is -0.529. The average molecular weight is 454 g/mol. The van der Waals surface area contributed by atoms with Crippen LogP contribution in [0.1, 0.15) is 27.2 Å². The van der Waals surface area contributed by atoms with E-state index < -0.39 is 5.82 Å². The van der Waals surface area contributed by atoms with Gasteiger partial charge < -0.3 is 11.1 Å². The smallest absolute Gasteiger partial charge is 0.270 e. The molecule has 0 spiro atoms. The van der Waals surface area contributed by atoms with Crippen LogP contribution in [-0.2, 0) is 12.3 Å². The lowest BCUT2D eigenvalue weighted by Crippen LogP contribution is -2.25. The molecule has 0 aliphatic rings. The van der Waals surface area contributed by atoms with E-state index >= 15 is 0 Å². The number of pyridine rings is 1. The zero-order valence-corrected chi connectivity index (χ0v) is 17.8. The van der Waals surface area contributed by atoms with Crippen molar-refractivity contribution in [2.24, 2.45) is 10.7 Å². The number of rotatable bonds is 6. The first-order valence-electron chi connectivity index (χ1n) is 9.09. The van der Waals surface area contributed by atoms with Crippen molar-refractivity contribution < 1.29 is 9.18 Å². The molecule has 0 bridgehead atoms. The summed E-state index contributed by atoms with van der Waals surface area (Å²) in [5, 5.41) is 11.9. The van der Waals surface area contributed by atoms with Gasteiger partial charge >= 0.3 is 0 Å². The molecule has 0 aliphatic heterocycles. The molecular weight excluding hydrogens is 437 g/mol. The van der Waals surface area contributed by atoms with Crippen LogP contribution < -0.4 is 11.1 Å². The Morgan fingerprint density at radius 2 is 2.03 bits per heavy atom. The van der Waals surface area contributed by atoms with Gasteiger partial charge in [-0.3, -0.25) is 9.78 Å². The molecule has 1 amide bonds. The molecule has 0 unspecified atom stereocenters. The minimum Gasteiger partial charge on any atom is -0.378 e. The van der Waals surface area contributed by atoms with E-state index in [1.807, 2.05) is 0 Å². The van der Waals surface area contributed by atoms with Crippen LogP contribution in [0.15, 0.2) is 65.8 Å². The maximum Gasteiger partial charge on any atom is 0.270 e. The van der Waals surface area contributed by atoms with Gasteiger partial charge in [-0.25, -0.2) is 9.38 Å². The summed E-state index contributed by atoms with van der Waals surface area (Å²) in [6.07, 6.45) is 1.54. The molecule has 0 saturated heterocycles. The Morgan fingerprint density at radius 1 is 1.26 bits per heavy atom. The lowest BCUT2D eigenvalue weighted by molar-refractivity contribution is 0.0945. The standard InChI is InChI=1S/C22H17ClFN5OS/c23-18-10-17(7-8-19(18)24)29-22(26)31-13-16-2-1-9-27-20(16)21(30)28-12-15-5-3-14(11-25)4-6-15/h1-10H,12-13H2,(H2,26,29)(H,28,30). The predicted octanol–water partition coefficient (Wildman–Crippen LogP) is 4.56. The lowest BCUT2D eigenvalue weighted by Gasteiger charge is -2.09. The third-order valence-electron chi connectivity index (χ3n) is 4.16. The molecule has 0 aliphatic carbocycles. The van der Waals surface area contributed by atoms with Crippen molar-refractivity contribution in [2.45, 2.75) is 12.3 Å². The molecule has 0 fully saturated rings. The Morgan fingerprint density at radius 3 is 2.74 bits per heavy atom. The van der Waals surface area contributed by atoms with E-state index in [0.29, 0.717) is 34.8 Å². The zero-order chi connectivity index (χ0) is 22.2. The van der Waals surface area contributed by atoms with Crippen molar-refractivity contribution in [3.05, 3.63) is 94.0 Å². The normalized spacial score (nSPS) is 11.1. The van der Waals surface area contributed by atoms with E-state index in [2.05, 4.69) is 21.4 Å². The van der Waals surface area contributed by atoms with E-state index in [0.717, 1.165) is 5.56 Å². The average Bonchev–Trinajstić information content (AvgIpc) is 2.79. The monoisotopic (exact) mass is 453 g/mol. The first kappa shape index (κ1) is 22.3. The molecule has 0 atom stereocenters. The summed E-state index contributed by atoms with van der Waals surface area (Å²) in [6.45, 7) is 0.308. The summed E-state index contributed by atoms with van der Waals surface area (Å²) in [5.74, 6) is -0.474. The third kappa shape index (κ3) is 6.28. The van der Waals surface area contributed by atoms with Crippen molar-refractivity contribution >= 4 is 40.1 Å². The van der Waals surface area contributed by atoms with Crippen LogP contribution in [0.5, 0.6) is 0 Å². The fraction of sp³-hybridized carbons (Fsp3) is 0.0909. The summed E-state index contributed by atoms with van der Waals surface area (Å²) in [6, 6.07) is 16.6. The number of nitriles is 1. The Kier molecular flexibility index (Phi) is 7.60. The molecule has 3 N–H and O–H groups in total. The minimum absolute atomic E-state index is 0.0347. The van der Waals surface area contributed by atoms with Crippen molar-refractivity contribution in [1.29, 1.82) is 5.26 Å². The topological polar surface area (TPSA) is 104 Å². The van der Waals surface area contributed by atoms with E-state index in [1.54, 1.807) is 42.6 Å². The number of aromatic nitrogens is 1. The summed E-state index contributed by atoms with van der Waals surface area (Å²) in [5.41, 5.74) is 8.80. The number of nitrogens with one attached hydrogen (secondary N) is 1. The third-order valence-corrected chi connectivity index (χ3v) is 5.29. The number of amidine groups is 1. The lowest BCUT2D eigenvalue weighted by atomic mass is 10.1. The van der Waals surface area contributed by atoms with Crippen LogP contribution in [0.4, 0.5) is 10.1 Å². The first-order chi connectivity index (χ1) is 15.0. The van der Waals surface area contributed by atoms with Gasteiger partial charge in [0.1, 0.15) is 11.5 Å². The summed E-state index contributed by atoms with van der Waals surface area (Å²) in [4.78, 5) is 21.0. The molecule has 9 heteroatoms. The molecule has 0 saturated carbocycles. The van der Waals surface area contributed by atoms with E-state index in [-0.39, 0.29) is 16.1 Å². The second kappa shape index (κ2) is 10.6. The van der Waals surface area contributed by atoms with Crippen LogP contribution >= 0.6 is 23.4 Å². The maximum atomic E-state index is 13.3. The number of carbonyl (C=O) groups is 1. The van der Waals surface area contributed by atoms with Crippen LogP contribution in [-0.4, -0.2) is 16.1 Å². The van der Waals surface area contributed by atoms with E-state index in [9.17, 15) is 9.18 Å². The number of hydrogen-bond acceptors (Lipinski definition) is 5. The molecule has 0 radical (unpaired) electrons. The first-order valence-corrected chi connectivity index (χ1v) is 10.5. The zero-order valence-electron chi connectivity index (χ0n) is 16.2. The predicted molar refractivity (Wildman–Crippen MR) is 121 cm³/mol. The Hall–Kier alpha value is -3.41. The number of hydrogen-bond donors (Lipinski definition) is 2. The van der Waals surface area contributed by atoms with Crippen molar-refractivity contribution in [3.8, 4) is 6.07 Å². The number of aliphatic imine (C=N–C) groups is 1. The van der Waals surface area contributed by atoms with Crippen molar-refractivity contribution in [1.82, 2.24) is 10.3 Å². The largest absolute Gasteiger partial charge is 0.378 e. The number of thioether (sulfide) groups is 1. The van der Waals surface area contributed by atoms with Gasteiger partial charge in [0.2, 0.25) is 0 Å². The molecule has 156 valence electrons. The Balaban J connectivity index is 1.63. The number of amides is 1. The molecule has 1 aromatic heterocycles. The van der Waals surface area contributed by atoms with Gasteiger partial charge in [0.15, 0.2) is 5.17 Å². The molecule has 6 nitrogen and oxygen atoms in total. The second-order valence-electron chi connectivity index (χ2n) is 6.34. The van der Waals surface area contributed by atoms with E-state index in [1.165, 1.54) is 30.0 Å². The van der Waals surface area contributed by atoms with Gasteiger partial charge in [-0.15, -0.1) is 0 Å². The summed E-state index contributed by atoms with van der Waals surface area (Å²) >= 11 is 6.98. The SMILES string of the molecule is N#Cc1ccc(CNC(=O)c2ncccc2CS/C(N)=N/c2ccc(F)c(Cl)c2)cc1. The van der Waals surface area contributed by atoms with Crippen LogP contribution in [0.2, 0.25) is 5.02 Å². The number of halogens is 2. The maximum absolute atomic E-state index is 13.3. The van der Waals surface area contributed by atoms with Gasteiger partial charge in [-0.1, -0.05) is 41.6 Å². The quantitative estimate of drug-likeness (QED) is 0.420. The second-order valence-corrected chi connectivity index (χ2v) is 7.74. The van der Waals surface area contributed by atoms with Crippen LogP contribution in [0.3, 0.4) is 0 Å². The highest BCUT2D eigenvalue weighted by Gasteiger charge is 2.13. The molecule has 2 aromatic carbocycles. The fourth-order valence-corrected chi connectivity index (χ4v) is 3.47. The molecular formula is C22H17ClFN5OS. The van der Waals surface area contributed by atoms with Gasteiger partial charge in [-0.05, 0) is 47.5 Å². The molecule has 3 rings (SSSR count). The molecule has 1 heterocycles. The number of benzene rings is 2.